The van der Waals surface area contributed by atoms with Crippen LogP contribution >= 0.6 is 0 Å². The molecule has 2 heteroatoms. The van der Waals surface area contributed by atoms with Gasteiger partial charge in [0.2, 0.25) is 0 Å². The fourth-order valence-electron chi connectivity index (χ4n) is 1.03. The summed E-state index contributed by atoms with van der Waals surface area (Å²) in [5, 5.41) is 1.83. The molecule has 0 atom stereocenters. The first-order chi connectivity index (χ1) is 5.97. The maximum Gasteiger partial charge on any atom is 0.0886 e. The van der Waals surface area contributed by atoms with E-state index in [9.17, 15) is 0 Å². The number of hydrogen-bond acceptors (Lipinski definition) is 2. The summed E-state index contributed by atoms with van der Waals surface area (Å²) in [6, 6.07) is 7.80. The number of allylic oxidation sites excluding steroid dienone is 2. The molecule has 2 rings (SSSR count). The van der Waals surface area contributed by atoms with Crippen LogP contribution in [0.5, 0.6) is 0 Å². The quantitative estimate of drug-likeness (QED) is 0.534. The number of nitrogens with zero attached hydrogens (tertiary/aromatic N) is 2. The van der Waals surface area contributed by atoms with E-state index in [1.54, 1.807) is 12.4 Å². The van der Waals surface area contributed by atoms with Crippen LogP contribution < -0.4 is 10.7 Å². The Morgan fingerprint density at radius 3 is 1.75 bits per heavy atom. The Balaban J connectivity index is 2.80. The van der Waals surface area contributed by atoms with Crippen LogP contribution in [0.1, 0.15) is 0 Å². The van der Waals surface area contributed by atoms with Crippen molar-refractivity contribution >= 4 is 0 Å². The van der Waals surface area contributed by atoms with Crippen LogP contribution in [0.2, 0.25) is 0 Å². The molecular weight excluding hydrogens is 148 g/mol. The Kier molecular flexibility index (Phi) is 1.82. The molecule has 12 heavy (non-hydrogen) atoms. The molecule has 58 valence electrons. The second kappa shape index (κ2) is 3.13. The Hall–Kier alpha value is -1.70. The van der Waals surface area contributed by atoms with Gasteiger partial charge in [0.25, 0.3) is 0 Å². The normalized spacial score (nSPS) is 19.0. The maximum absolute atomic E-state index is 4.22. The molecular formula is C10H8N2. The zero-order valence-electron chi connectivity index (χ0n) is 6.51. The number of hydrogen-bond donors (Lipinski definition) is 0. The lowest BCUT2D eigenvalue weighted by molar-refractivity contribution is 1.21. The van der Waals surface area contributed by atoms with Gasteiger partial charge in [-0.05, 0) is 24.3 Å². The van der Waals surface area contributed by atoms with Gasteiger partial charge in [0.05, 0.1) is 10.7 Å². The zero-order chi connectivity index (χ0) is 8.23. The second-order valence-corrected chi connectivity index (χ2v) is 2.43. The molecule has 0 aliphatic carbocycles. The first-order valence-corrected chi connectivity index (χ1v) is 3.79. The molecule has 2 nitrogen and oxygen atoms in total. The van der Waals surface area contributed by atoms with E-state index in [4.69, 9.17) is 0 Å². The summed E-state index contributed by atoms with van der Waals surface area (Å²) in [6.07, 6.45) is 7.26. The highest BCUT2D eigenvalue weighted by Crippen LogP contribution is 1.81. The van der Waals surface area contributed by atoms with E-state index < -0.39 is 0 Å². The Morgan fingerprint density at radius 2 is 1.25 bits per heavy atom. The van der Waals surface area contributed by atoms with Gasteiger partial charge in [0.1, 0.15) is 0 Å². The van der Waals surface area contributed by atoms with Gasteiger partial charge in [0, 0.05) is 12.4 Å². The van der Waals surface area contributed by atoms with Gasteiger partial charge in [0.15, 0.2) is 0 Å². The molecule has 1 heterocycles. The van der Waals surface area contributed by atoms with Crippen molar-refractivity contribution in [2.45, 2.75) is 0 Å². The van der Waals surface area contributed by atoms with E-state index in [1.165, 1.54) is 0 Å². The predicted octanol–water partition coefficient (Wildman–Crippen LogP) is 0.967. The first-order valence-electron chi connectivity index (χ1n) is 3.79. The molecule has 1 aliphatic heterocycles. The van der Waals surface area contributed by atoms with Crippen LogP contribution in [-0.2, 0) is 0 Å². The van der Waals surface area contributed by atoms with Crippen molar-refractivity contribution in [1.82, 2.24) is 0 Å². The van der Waals surface area contributed by atoms with E-state index in [1.807, 2.05) is 36.4 Å². The summed E-state index contributed by atoms with van der Waals surface area (Å²) in [5.41, 5.74) is 0. The van der Waals surface area contributed by atoms with Crippen LogP contribution in [0.25, 0.3) is 0 Å². The van der Waals surface area contributed by atoms with Crippen molar-refractivity contribution in [1.29, 1.82) is 0 Å². The summed E-state index contributed by atoms with van der Waals surface area (Å²) >= 11 is 0. The average molecular weight is 156 g/mol. The summed E-state index contributed by atoms with van der Waals surface area (Å²) in [7, 11) is 0. The smallest absolute Gasteiger partial charge is 0.0886 e. The largest absolute Gasteiger partial charge is 0.255 e. The van der Waals surface area contributed by atoms with Gasteiger partial charge >= 0.3 is 0 Å². The minimum Gasteiger partial charge on any atom is -0.255 e. The second-order valence-electron chi connectivity index (χ2n) is 2.43. The van der Waals surface area contributed by atoms with Crippen molar-refractivity contribution in [2.24, 2.45) is 9.98 Å². The van der Waals surface area contributed by atoms with Crippen molar-refractivity contribution < 1.29 is 0 Å². The molecule has 0 fully saturated rings. The Labute approximate surface area is 70.3 Å². The highest BCUT2D eigenvalue weighted by Gasteiger charge is 1.84. The van der Waals surface area contributed by atoms with Crippen molar-refractivity contribution in [2.75, 3.05) is 0 Å². The molecule has 1 aliphatic rings. The third kappa shape index (κ3) is 1.32. The topological polar surface area (TPSA) is 24.7 Å². The van der Waals surface area contributed by atoms with Crippen molar-refractivity contribution in [3.8, 4) is 0 Å². The number of rotatable bonds is 0. The molecule has 1 aromatic carbocycles. The monoisotopic (exact) mass is 156 g/mol. The minimum absolute atomic E-state index is 0.915. The number of para-hydroxylation sites is 2. The van der Waals surface area contributed by atoms with Crippen LogP contribution in [0.15, 0.2) is 58.8 Å². The Bertz CT molecular complexity index is 398. The van der Waals surface area contributed by atoms with Gasteiger partial charge in [-0.25, -0.2) is 0 Å². The third-order valence-corrected chi connectivity index (χ3v) is 1.59. The van der Waals surface area contributed by atoms with Crippen LogP contribution in [-0.4, -0.2) is 0 Å². The fourth-order valence-corrected chi connectivity index (χ4v) is 1.03. The summed E-state index contributed by atoms with van der Waals surface area (Å²) < 4.78 is 0. The van der Waals surface area contributed by atoms with Gasteiger partial charge in [-0.1, -0.05) is 12.1 Å². The highest BCUT2D eigenvalue weighted by molar-refractivity contribution is 5.08. The lowest BCUT2D eigenvalue weighted by Gasteiger charge is -1.88. The Morgan fingerprint density at radius 1 is 0.750 bits per heavy atom. The molecule has 1 aromatic rings. The molecule has 0 aromatic heterocycles. The summed E-state index contributed by atoms with van der Waals surface area (Å²) in [6.45, 7) is 0. The van der Waals surface area contributed by atoms with E-state index in [0.29, 0.717) is 0 Å². The molecule has 0 N–H and O–H groups in total. The lowest BCUT2D eigenvalue weighted by atomic mass is 10.3. The van der Waals surface area contributed by atoms with Crippen LogP contribution in [0, 0.1) is 0 Å². The van der Waals surface area contributed by atoms with E-state index in [0.717, 1.165) is 10.7 Å². The lowest BCUT2D eigenvalue weighted by Crippen LogP contribution is -2.23. The summed E-state index contributed by atoms with van der Waals surface area (Å²) in [4.78, 5) is 8.44. The fraction of sp³-hybridized carbons (Fsp3) is 0. The van der Waals surface area contributed by atoms with Gasteiger partial charge < -0.3 is 0 Å². The SMILES string of the molecule is C1=C\N=c2ccccc2=N\C=C/1. The summed E-state index contributed by atoms with van der Waals surface area (Å²) in [5.74, 6) is 0. The highest BCUT2D eigenvalue weighted by atomic mass is 14.7. The van der Waals surface area contributed by atoms with Crippen molar-refractivity contribution in [3.63, 3.8) is 0 Å². The number of benzene rings is 1. The van der Waals surface area contributed by atoms with Gasteiger partial charge in [-0.15, -0.1) is 0 Å². The molecule has 0 unspecified atom stereocenters. The molecule has 0 saturated heterocycles. The molecule has 0 amide bonds. The number of fused-ring (bicyclic) bond motifs is 1. The van der Waals surface area contributed by atoms with Crippen LogP contribution in [0.4, 0.5) is 0 Å². The van der Waals surface area contributed by atoms with Crippen LogP contribution in [0.3, 0.4) is 0 Å². The maximum atomic E-state index is 4.22. The molecule has 0 bridgehead atoms. The van der Waals surface area contributed by atoms with Crippen molar-refractivity contribution in [3.05, 3.63) is 59.5 Å². The first kappa shape index (κ1) is 6.98. The third-order valence-electron chi connectivity index (χ3n) is 1.59. The van der Waals surface area contributed by atoms with E-state index in [2.05, 4.69) is 9.98 Å². The van der Waals surface area contributed by atoms with E-state index in [-0.39, 0.29) is 0 Å². The molecule has 0 radical (unpaired) electrons. The van der Waals surface area contributed by atoms with E-state index >= 15 is 0 Å². The average Bonchev–Trinajstić information content (AvgIpc) is 2.06. The minimum atomic E-state index is 0.915. The molecule has 0 saturated carbocycles. The predicted molar refractivity (Wildman–Crippen MR) is 47.0 cm³/mol. The standard InChI is InChI=1S/C10H8N2/c1-2-6-10-9(5-1)11-7-3-4-8-12-10/h1-8H/b4-3?,7-3-,8-4-,11-7?,11-9?,12-8?,12-10?. The zero-order valence-corrected chi connectivity index (χ0v) is 6.51. The van der Waals surface area contributed by atoms with Gasteiger partial charge in [-0.2, -0.15) is 0 Å². The van der Waals surface area contributed by atoms with Gasteiger partial charge in [-0.3, -0.25) is 9.98 Å². The molecule has 0 spiro atoms.